The molecule has 0 aliphatic heterocycles. The van der Waals surface area contributed by atoms with Crippen LogP contribution in [0.15, 0.2) is 109 Å². The number of allylic oxidation sites excluding steroid dienone is 18. The molecular weight excluding hydrogens is 1110 g/mol. The zero-order valence-electron chi connectivity index (χ0n) is 57.9. The quantitative estimate of drug-likeness (QED) is 0.0211. The number of phosphoric acid groups is 1. The first kappa shape index (κ1) is 84.7. The van der Waals surface area contributed by atoms with Gasteiger partial charge in [-0.15, -0.1) is 0 Å². The van der Waals surface area contributed by atoms with E-state index in [1.807, 2.05) is 21.1 Å². The molecule has 1 N–H and O–H groups in total. The maximum Gasteiger partial charge on any atom is 0.472 e. The minimum atomic E-state index is -4.40. The fourth-order valence-corrected chi connectivity index (χ4v) is 10.9. The van der Waals surface area contributed by atoms with E-state index in [0.29, 0.717) is 17.4 Å². The van der Waals surface area contributed by atoms with Gasteiger partial charge in [0.1, 0.15) is 19.8 Å². The lowest BCUT2D eigenvalue weighted by atomic mass is 10.0. The van der Waals surface area contributed by atoms with Crippen LogP contribution in [0.5, 0.6) is 0 Å². The molecule has 0 bridgehead atoms. The number of carbonyl (C=O) groups is 2. The van der Waals surface area contributed by atoms with Gasteiger partial charge in [0.2, 0.25) is 0 Å². The molecular formula is C78H139NO8P+. The van der Waals surface area contributed by atoms with Gasteiger partial charge < -0.3 is 18.9 Å². The van der Waals surface area contributed by atoms with Crippen LogP contribution in [0.3, 0.4) is 0 Å². The Bertz CT molecular complexity index is 1850. The van der Waals surface area contributed by atoms with Crippen molar-refractivity contribution in [2.45, 2.75) is 328 Å². The van der Waals surface area contributed by atoms with E-state index in [9.17, 15) is 19.0 Å². The lowest BCUT2D eigenvalue weighted by Crippen LogP contribution is -2.37. The number of likely N-dealkylation sites (N-methyl/N-ethyl adjacent to an activating group) is 1. The molecule has 2 unspecified atom stereocenters. The molecule has 0 aliphatic rings. The van der Waals surface area contributed by atoms with Gasteiger partial charge in [0, 0.05) is 12.8 Å². The van der Waals surface area contributed by atoms with Gasteiger partial charge >= 0.3 is 19.8 Å². The van der Waals surface area contributed by atoms with Gasteiger partial charge in [0.15, 0.2) is 6.10 Å². The van der Waals surface area contributed by atoms with E-state index < -0.39 is 26.5 Å². The number of nitrogens with zero attached hydrogens (tertiary/aromatic N) is 1. The van der Waals surface area contributed by atoms with Gasteiger partial charge in [0.25, 0.3) is 0 Å². The Morgan fingerprint density at radius 2 is 0.648 bits per heavy atom. The number of ether oxygens (including phenoxy) is 2. The van der Waals surface area contributed by atoms with Gasteiger partial charge in [0.05, 0.1) is 27.7 Å². The molecule has 0 radical (unpaired) electrons. The Labute approximate surface area is 544 Å². The van der Waals surface area contributed by atoms with Gasteiger partial charge in [-0.25, -0.2) is 4.57 Å². The monoisotopic (exact) mass is 1250 g/mol. The average Bonchev–Trinajstić information content (AvgIpc) is 3.60. The summed E-state index contributed by atoms with van der Waals surface area (Å²) in [6, 6.07) is 0. The van der Waals surface area contributed by atoms with Crippen LogP contribution in [0.25, 0.3) is 0 Å². The van der Waals surface area contributed by atoms with Gasteiger partial charge in [-0.3, -0.25) is 18.6 Å². The number of rotatable bonds is 67. The first-order chi connectivity index (χ1) is 43.0. The highest BCUT2D eigenvalue weighted by Crippen LogP contribution is 2.43. The molecule has 0 aromatic heterocycles. The highest BCUT2D eigenvalue weighted by Gasteiger charge is 2.27. The Morgan fingerprint density at radius 3 is 0.966 bits per heavy atom. The predicted molar refractivity (Wildman–Crippen MR) is 381 cm³/mol. The number of carbonyl (C=O) groups excluding carboxylic acids is 2. The van der Waals surface area contributed by atoms with Crippen molar-refractivity contribution in [3.05, 3.63) is 109 Å². The van der Waals surface area contributed by atoms with Gasteiger partial charge in [-0.05, 0) is 103 Å². The summed E-state index contributed by atoms with van der Waals surface area (Å²) >= 11 is 0. The van der Waals surface area contributed by atoms with E-state index in [2.05, 4.69) is 123 Å². The van der Waals surface area contributed by atoms with Crippen LogP contribution in [-0.2, 0) is 32.7 Å². The standard InChI is InChI=1S/C78H138NO8P/c1-6-8-10-12-14-16-18-20-22-24-26-28-30-32-34-35-36-37-38-39-40-41-42-43-45-46-48-50-52-54-56-58-60-62-64-66-68-70-77(80)84-74-76(75-86-88(82,83)85-73-72-79(3,4)5)87-78(81)71-69-67-65-63-61-59-57-55-53-51-49-47-44-33-31-29-27-25-23-21-19-17-15-13-11-9-7-2/h9,11,15,17-18,20-21,23-24,26-27,29,33,44,49,51,55,57,76H,6-8,10,12-14,16,19,22,25,28,30-32,34-43,45-48,50,52-54,56,58-75H2,1-5H3/p+1/b11-9-,17-15-,20-18-,23-21-,26-24-,29-27-,44-33-,51-49-,57-55-. The van der Waals surface area contributed by atoms with Crippen molar-refractivity contribution in [3.8, 4) is 0 Å². The maximum absolute atomic E-state index is 12.9. The zero-order chi connectivity index (χ0) is 64.1. The van der Waals surface area contributed by atoms with E-state index in [0.717, 1.165) is 103 Å². The summed E-state index contributed by atoms with van der Waals surface area (Å²) in [7, 11) is 1.46. The van der Waals surface area contributed by atoms with E-state index >= 15 is 0 Å². The molecule has 0 saturated heterocycles. The summed E-state index contributed by atoms with van der Waals surface area (Å²) in [5.74, 6) is -0.814. The number of hydrogen-bond acceptors (Lipinski definition) is 7. The van der Waals surface area contributed by atoms with Gasteiger partial charge in [-0.1, -0.05) is 316 Å². The molecule has 0 aromatic rings. The second kappa shape index (κ2) is 68.0. The van der Waals surface area contributed by atoms with Crippen molar-refractivity contribution < 1.29 is 42.1 Å². The molecule has 0 fully saturated rings. The molecule has 0 heterocycles. The van der Waals surface area contributed by atoms with Crippen LogP contribution in [-0.4, -0.2) is 74.9 Å². The Morgan fingerprint density at radius 1 is 0.364 bits per heavy atom. The Kier molecular flexibility index (Phi) is 65.5. The van der Waals surface area contributed by atoms with Crippen molar-refractivity contribution in [2.24, 2.45) is 0 Å². The molecule has 0 rings (SSSR count). The van der Waals surface area contributed by atoms with Crippen molar-refractivity contribution in [1.29, 1.82) is 0 Å². The van der Waals surface area contributed by atoms with Crippen molar-refractivity contribution in [3.63, 3.8) is 0 Å². The van der Waals surface area contributed by atoms with Crippen molar-refractivity contribution in [1.82, 2.24) is 0 Å². The third-order valence-electron chi connectivity index (χ3n) is 15.8. The van der Waals surface area contributed by atoms with Crippen LogP contribution >= 0.6 is 7.82 Å². The molecule has 0 aliphatic carbocycles. The normalized spacial score (nSPS) is 13.8. The number of hydrogen-bond donors (Lipinski definition) is 1. The van der Waals surface area contributed by atoms with E-state index in [1.165, 1.54) is 186 Å². The number of phosphoric ester groups is 1. The maximum atomic E-state index is 12.9. The Balaban J connectivity index is 4.02. The summed E-state index contributed by atoms with van der Waals surface area (Å²) in [6.45, 7) is 4.31. The molecule has 0 spiro atoms. The van der Waals surface area contributed by atoms with Crippen LogP contribution in [0, 0.1) is 0 Å². The third-order valence-corrected chi connectivity index (χ3v) is 16.8. The minimum Gasteiger partial charge on any atom is -0.462 e. The molecule has 0 saturated carbocycles. The number of unbranched alkanes of at least 4 members (excludes halogenated alkanes) is 35. The molecule has 0 amide bonds. The van der Waals surface area contributed by atoms with E-state index in [1.54, 1.807) is 0 Å². The summed E-state index contributed by atoms with van der Waals surface area (Å²) in [4.78, 5) is 35.9. The molecule has 9 nitrogen and oxygen atoms in total. The van der Waals surface area contributed by atoms with Crippen LogP contribution < -0.4 is 0 Å². The third kappa shape index (κ3) is 71.7. The summed E-state index contributed by atoms with van der Waals surface area (Å²) in [5, 5.41) is 0. The second-order valence-electron chi connectivity index (χ2n) is 25.6. The van der Waals surface area contributed by atoms with Gasteiger partial charge in [-0.2, -0.15) is 0 Å². The van der Waals surface area contributed by atoms with Crippen LogP contribution in [0.4, 0.5) is 0 Å². The highest BCUT2D eigenvalue weighted by atomic mass is 31.2. The lowest BCUT2D eigenvalue weighted by Gasteiger charge is -2.24. The van der Waals surface area contributed by atoms with Crippen molar-refractivity contribution in [2.75, 3.05) is 47.5 Å². The summed E-state index contributed by atoms with van der Waals surface area (Å²) in [6.07, 6.45) is 96.4. The molecule has 10 heteroatoms. The predicted octanol–water partition coefficient (Wildman–Crippen LogP) is 24.1. The average molecular weight is 1250 g/mol. The summed E-state index contributed by atoms with van der Waals surface area (Å²) in [5.41, 5.74) is 0. The highest BCUT2D eigenvalue weighted by molar-refractivity contribution is 7.47. The first-order valence-electron chi connectivity index (χ1n) is 36.6. The number of quaternary nitrogens is 1. The molecule has 508 valence electrons. The fraction of sp³-hybridized carbons (Fsp3) is 0.744. The topological polar surface area (TPSA) is 108 Å². The minimum absolute atomic E-state index is 0.0236. The van der Waals surface area contributed by atoms with Crippen LogP contribution in [0.2, 0.25) is 0 Å². The molecule has 88 heavy (non-hydrogen) atoms. The van der Waals surface area contributed by atoms with Crippen LogP contribution in [0.1, 0.15) is 322 Å². The Hall–Kier alpha value is -3.33. The molecule has 2 atom stereocenters. The second-order valence-corrected chi connectivity index (χ2v) is 27.0. The number of esters is 2. The summed E-state index contributed by atoms with van der Waals surface area (Å²) < 4.78 is 34.7. The smallest absolute Gasteiger partial charge is 0.462 e. The zero-order valence-corrected chi connectivity index (χ0v) is 58.8. The van der Waals surface area contributed by atoms with E-state index in [-0.39, 0.29) is 32.0 Å². The van der Waals surface area contributed by atoms with Crippen molar-refractivity contribution >= 4 is 19.8 Å². The van der Waals surface area contributed by atoms with E-state index in [4.69, 9.17) is 18.5 Å². The SMILES string of the molecule is CC/C=C\C/C=C\C/C=C\C/C=C\C/C=C\C/C=C\C/C=C\CCCCCCCC(=O)OC(COC(=O)CCCCCCCCCCCCCCCCCCCCCCCCCCC/C=C\C/C=C\CCCCCCC)COP(=O)(O)OCC[N+](C)(C)C. The fourth-order valence-electron chi connectivity index (χ4n) is 10.2. The molecule has 0 aromatic carbocycles. The lowest BCUT2D eigenvalue weighted by molar-refractivity contribution is -0.870. The first-order valence-corrected chi connectivity index (χ1v) is 38.1. The largest absolute Gasteiger partial charge is 0.472 e.